The summed E-state index contributed by atoms with van der Waals surface area (Å²) in [5, 5.41) is 16.6. The number of nitrogens with one attached hydrogen (secondary N) is 6. The van der Waals surface area contributed by atoms with Gasteiger partial charge in [0.1, 0.15) is 36.4 Å². The third kappa shape index (κ3) is 27.4. The van der Waals surface area contributed by atoms with E-state index in [0.717, 1.165) is 31.4 Å². The second-order valence-electron chi connectivity index (χ2n) is 29.6. The molecule has 30 heteroatoms. The predicted octanol–water partition coefficient (Wildman–Crippen LogP) is 6.29. The van der Waals surface area contributed by atoms with E-state index in [0.29, 0.717) is 56.2 Å². The van der Waals surface area contributed by atoms with Crippen LogP contribution in [-0.4, -0.2) is 219 Å². The number of nitrogens with zero attached hydrogens (tertiary/aromatic N) is 5. The molecule has 2 aliphatic rings. The molecule has 2 aromatic rings. The summed E-state index contributed by atoms with van der Waals surface area (Å²) in [6.07, 6.45) is 3.59. The highest BCUT2D eigenvalue weighted by atomic mass is 19.1. The van der Waals surface area contributed by atoms with Crippen molar-refractivity contribution in [2.75, 3.05) is 73.9 Å². The molecule has 0 bridgehead atoms. The molecular weight excluding hydrogens is 1370 g/mol. The maximum atomic E-state index is 15.2. The minimum Gasteiger partial charge on any atom is -0.445 e. The number of amides is 13. The Morgan fingerprint density at radius 3 is 1.91 bits per heavy atom. The van der Waals surface area contributed by atoms with Crippen molar-refractivity contribution in [3.63, 3.8) is 0 Å². The van der Waals surface area contributed by atoms with E-state index < -0.39 is 120 Å². The Morgan fingerprint density at radius 2 is 1.32 bits per heavy atom. The lowest BCUT2D eigenvalue weighted by Gasteiger charge is -2.41. The van der Waals surface area contributed by atoms with Gasteiger partial charge in [-0.05, 0) is 119 Å². The van der Waals surface area contributed by atoms with Crippen LogP contribution < -0.4 is 43.4 Å². The Bertz CT molecular complexity index is 3220. The monoisotopic (exact) mass is 1490 g/mol. The van der Waals surface area contributed by atoms with Gasteiger partial charge in [0.15, 0.2) is 0 Å². The fourth-order valence-electron chi connectivity index (χ4n) is 14.1. The summed E-state index contributed by atoms with van der Waals surface area (Å²) in [5.41, 5.74) is 11.1. The van der Waals surface area contributed by atoms with Crippen LogP contribution >= 0.6 is 0 Å². The van der Waals surface area contributed by atoms with Gasteiger partial charge in [0, 0.05) is 90.9 Å². The van der Waals surface area contributed by atoms with E-state index >= 15 is 4.79 Å². The number of likely N-dealkylation sites (tertiary alicyclic amines) is 2. The van der Waals surface area contributed by atoms with Gasteiger partial charge in [0.05, 0.1) is 48.7 Å². The summed E-state index contributed by atoms with van der Waals surface area (Å²) in [4.78, 5) is 169. The van der Waals surface area contributed by atoms with Crippen molar-refractivity contribution in [3.8, 4) is 0 Å². The topological polar surface area (TPSA) is 373 Å². The normalized spacial score (nSPS) is 17.8. The Labute approximate surface area is 624 Å². The minimum absolute atomic E-state index is 0.0486. The zero-order valence-corrected chi connectivity index (χ0v) is 65.0. The zero-order valence-electron chi connectivity index (χ0n) is 65.0. The van der Waals surface area contributed by atoms with Crippen molar-refractivity contribution >= 4 is 76.9 Å². The molecule has 10 N–H and O–H groups in total. The lowest BCUT2D eigenvalue weighted by molar-refractivity contribution is -0.148. The van der Waals surface area contributed by atoms with Crippen LogP contribution in [0.3, 0.4) is 0 Å². The van der Waals surface area contributed by atoms with Gasteiger partial charge in [-0.15, -0.1) is 0 Å². The minimum atomic E-state index is -1.15. The Balaban J connectivity index is 1.47. The average Bonchev–Trinajstić information content (AvgIpc) is 1.56. The molecule has 13 amide bonds. The maximum absolute atomic E-state index is 15.2. The molecule has 0 aromatic heterocycles. The summed E-state index contributed by atoms with van der Waals surface area (Å²) in [6.45, 7) is 16.5. The van der Waals surface area contributed by atoms with E-state index in [1.54, 1.807) is 80.9 Å². The summed E-state index contributed by atoms with van der Waals surface area (Å²) in [5.74, 6) is -7.88. The maximum Gasteiger partial charge on any atom is 0.410 e. The molecule has 2 aliphatic heterocycles. The Morgan fingerprint density at radius 1 is 0.689 bits per heavy atom. The van der Waals surface area contributed by atoms with Gasteiger partial charge in [-0.1, -0.05) is 113 Å². The number of benzene rings is 2. The number of anilines is 1. The molecule has 0 spiro atoms. The van der Waals surface area contributed by atoms with Gasteiger partial charge in [-0.2, -0.15) is 0 Å². The number of primary amides is 2. The first-order chi connectivity index (χ1) is 50.1. The second-order valence-corrected chi connectivity index (χ2v) is 29.6. The highest BCUT2D eigenvalue weighted by molar-refractivity contribution is 6.03. The van der Waals surface area contributed by atoms with E-state index in [4.69, 9.17) is 25.7 Å². The van der Waals surface area contributed by atoms with Crippen molar-refractivity contribution < 1.29 is 80.5 Å². The highest BCUT2D eigenvalue weighted by Crippen LogP contribution is 2.33. The SMILES string of the molecule is CC[C@H](C)[C@@H]([C@@H](CC(=O)N1C[C@@H](N(C)C(=O)OCc2ccc(NC(=O)[C@H](CCCNC(N)=O)NC(=O)[C@@H](NC(=O)CCCCCN3C(=O)CC(CCCCCCC(N)=O)C3=O)C(C)C)cc2)C[C@H]1[C@H](OC)[C@@H](C)C(=O)NCCc1c(F)cccc1F)OC)N(C)C(=O)[C@@H](NC(=O)[C@H](C(C)C)N(C)C)C(C)C. The standard InChI is InChI=1S/C76H121F2N13O15/c1-16-48(8)67(89(13)74(101)65(46(4)5)86-72(99)66(47(6)7)87(10)11)59(104-14)42-63(95)91-43-53(41-58(91)68(105-15)49(9)69(96)81-38-36-54-55(77)27-24-28-56(54)78)88(12)76(103)106-44-50-32-34-52(35-33-50)83-70(97)57(29-25-37-82-75(80)102)84-71(98)64(45(2)3)85-61(93)31-22-19-23-39-90-62(94)40-51(73(90)100)26-20-17-18-21-30-60(79)92/h24,27-28,32-35,45-49,51,53,57-59,64-68H,16-23,25-26,29-31,36-44H2,1-15H3,(H2,79,92)(H,81,96)(H,83,97)(H,84,98)(H,85,93)(H,86,99)(H3,80,82,102)/t48-,49+,51?,53-,57-,58-,59+,64-,65-,66-,67-,68+/m0/s1. The number of ether oxygens (including phenoxy) is 3. The van der Waals surface area contributed by atoms with Crippen LogP contribution in [0.4, 0.5) is 24.1 Å². The molecule has 2 heterocycles. The number of urea groups is 1. The van der Waals surface area contributed by atoms with Gasteiger partial charge in [0.2, 0.25) is 59.1 Å². The van der Waals surface area contributed by atoms with Gasteiger partial charge < -0.3 is 72.3 Å². The summed E-state index contributed by atoms with van der Waals surface area (Å²) in [6, 6.07) is 3.23. The fraction of sp³-hybridized carbons (Fsp3) is 0.684. The molecule has 4 rings (SSSR count). The molecule has 12 atom stereocenters. The zero-order chi connectivity index (χ0) is 79.2. The van der Waals surface area contributed by atoms with Crippen LogP contribution in [0.2, 0.25) is 0 Å². The molecule has 1 unspecified atom stereocenters. The van der Waals surface area contributed by atoms with Crippen molar-refractivity contribution in [1.29, 1.82) is 0 Å². The van der Waals surface area contributed by atoms with Gasteiger partial charge in [0.25, 0.3) is 0 Å². The smallest absolute Gasteiger partial charge is 0.410 e. The number of hydrogen-bond donors (Lipinski definition) is 8. The average molecular weight is 1490 g/mol. The van der Waals surface area contributed by atoms with Gasteiger partial charge in [-0.25, -0.2) is 18.4 Å². The van der Waals surface area contributed by atoms with Gasteiger partial charge >= 0.3 is 12.1 Å². The molecule has 0 radical (unpaired) electrons. The van der Waals surface area contributed by atoms with Crippen LogP contribution in [0.25, 0.3) is 0 Å². The predicted molar refractivity (Wildman–Crippen MR) is 396 cm³/mol. The number of rotatable bonds is 46. The van der Waals surface area contributed by atoms with E-state index in [1.807, 2.05) is 41.5 Å². The second kappa shape index (κ2) is 44.7. The van der Waals surface area contributed by atoms with E-state index in [9.17, 15) is 61.5 Å². The molecular formula is C76H121F2N13O15. The Hall–Kier alpha value is -8.38. The molecule has 594 valence electrons. The summed E-state index contributed by atoms with van der Waals surface area (Å²) in [7, 11) is 9.61. The number of nitrogens with two attached hydrogens (primary N) is 2. The van der Waals surface area contributed by atoms with Gasteiger partial charge in [-0.3, -0.25) is 57.7 Å². The first kappa shape index (κ1) is 90.0. The van der Waals surface area contributed by atoms with Crippen LogP contribution in [0.5, 0.6) is 0 Å². The van der Waals surface area contributed by atoms with Crippen molar-refractivity contribution in [2.45, 2.75) is 233 Å². The number of carbonyl (C=O) groups excluding carboxylic acids is 12. The number of likely N-dealkylation sites (N-methyl/N-ethyl adjacent to an activating group) is 3. The van der Waals surface area contributed by atoms with E-state index in [-0.39, 0.29) is 137 Å². The lowest BCUT2D eigenvalue weighted by Crippen LogP contribution is -2.59. The van der Waals surface area contributed by atoms with Crippen molar-refractivity contribution in [1.82, 2.24) is 51.1 Å². The summed E-state index contributed by atoms with van der Waals surface area (Å²) >= 11 is 0. The first-order valence-electron chi connectivity index (χ1n) is 37.4. The third-order valence-corrected chi connectivity index (χ3v) is 20.3. The van der Waals surface area contributed by atoms with E-state index in [1.165, 1.54) is 37.1 Å². The number of imide groups is 1. The number of methoxy groups -OCH3 is 2. The fourth-order valence-corrected chi connectivity index (χ4v) is 14.1. The highest BCUT2D eigenvalue weighted by Gasteiger charge is 2.48. The van der Waals surface area contributed by atoms with Crippen molar-refractivity contribution in [2.24, 2.45) is 47.0 Å². The van der Waals surface area contributed by atoms with Crippen LogP contribution in [0.1, 0.15) is 176 Å². The molecule has 2 saturated heterocycles. The molecule has 2 fully saturated rings. The number of unbranched alkanes of at least 4 members (excludes halogenated alkanes) is 5. The molecule has 2 aromatic carbocycles. The van der Waals surface area contributed by atoms with Crippen LogP contribution in [0.15, 0.2) is 42.5 Å². The lowest BCUT2D eigenvalue weighted by atomic mass is 9.89. The van der Waals surface area contributed by atoms with Crippen LogP contribution in [-0.2, 0) is 75.2 Å². The molecule has 28 nitrogen and oxygen atoms in total. The molecule has 0 saturated carbocycles. The third-order valence-electron chi connectivity index (χ3n) is 20.3. The van der Waals surface area contributed by atoms with Crippen LogP contribution in [0, 0.1) is 47.1 Å². The van der Waals surface area contributed by atoms with E-state index in [2.05, 4.69) is 31.9 Å². The number of carbonyl (C=O) groups is 12. The number of hydrogen-bond acceptors (Lipinski definition) is 16. The largest absolute Gasteiger partial charge is 0.445 e. The quantitative estimate of drug-likeness (QED) is 0.0266. The number of halogens is 2. The molecule has 106 heavy (non-hydrogen) atoms. The summed E-state index contributed by atoms with van der Waals surface area (Å²) < 4.78 is 47.3. The Kier molecular flexibility index (Phi) is 37.9. The van der Waals surface area contributed by atoms with Crippen molar-refractivity contribution in [3.05, 3.63) is 65.2 Å². The molecule has 0 aliphatic carbocycles. The first-order valence-corrected chi connectivity index (χ1v) is 37.4.